The molecule has 2 aromatic rings. The van der Waals surface area contributed by atoms with E-state index in [9.17, 15) is 9.18 Å². The van der Waals surface area contributed by atoms with Gasteiger partial charge in [0.1, 0.15) is 5.75 Å². The molecule has 160 valence electrons. The predicted octanol–water partition coefficient (Wildman–Crippen LogP) is 2.94. The van der Waals surface area contributed by atoms with E-state index in [4.69, 9.17) is 4.74 Å². The van der Waals surface area contributed by atoms with Crippen LogP contribution in [-0.2, 0) is 11.3 Å². The van der Waals surface area contributed by atoms with Crippen LogP contribution in [0.1, 0.15) is 24.8 Å². The lowest BCUT2D eigenvalue weighted by Gasteiger charge is -2.34. The molecule has 0 spiro atoms. The van der Waals surface area contributed by atoms with Crippen molar-refractivity contribution in [2.24, 2.45) is 10.9 Å². The van der Waals surface area contributed by atoms with Gasteiger partial charge in [-0.3, -0.25) is 14.8 Å². The molecule has 0 bridgehead atoms. The van der Waals surface area contributed by atoms with Gasteiger partial charge in [0, 0.05) is 46.3 Å². The summed E-state index contributed by atoms with van der Waals surface area (Å²) in [6, 6.07) is 8.36. The molecule has 1 aliphatic rings. The van der Waals surface area contributed by atoms with Gasteiger partial charge in [-0.05, 0) is 48.6 Å². The number of aromatic nitrogens is 1. The first-order chi connectivity index (χ1) is 14.6. The van der Waals surface area contributed by atoms with Crippen LogP contribution in [0.2, 0.25) is 0 Å². The second-order valence-corrected chi connectivity index (χ2v) is 7.26. The van der Waals surface area contributed by atoms with Crippen LogP contribution in [0.5, 0.6) is 11.5 Å². The van der Waals surface area contributed by atoms with Gasteiger partial charge in [-0.25, -0.2) is 4.39 Å². The van der Waals surface area contributed by atoms with Crippen LogP contribution >= 0.6 is 0 Å². The Morgan fingerprint density at radius 3 is 2.77 bits per heavy atom. The number of ether oxygens (including phenoxy) is 1. The summed E-state index contributed by atoms with van der Waals surface area (Å²) in [5.41, 5.74) is 0.793. The van der Waals surface area contributed by atoms with Gasteiger partial charge in [0.05, 0.1) is 6.20 Å². The van der Waals surface area contributed by atoms with Gasteiger partial charge < -0.3 is 20.3 Å². The van der Waals surface area contributed by atoms with E-state index < -0.39 is 5.82 Å². The number of rotatable bonds is 6. The minimum absolute atomic E-state index is 0.0916. The van der Waals surface area contributed by atoms with Crippen molar-refractivity contribution in [1.29, 1.82) is 0 Å². The Hall–Kier alpha value is -3.16. The first kappa shape index (κ1) is 21.5. The molecule has 8 heteroatoms. The standard InChI is InChI=1S/C22H28FN5O2/c1-24-21(29)13-16-7-10-28(11-8-16)22(25-2)27-14-17-5-6-20(19(23)12-17)30-18-4-3-9-26-15-18/h3-6,9,12,15-16H,7-8,10-11,13-14H2,1-2H3,(H,24,29)(H,25,27). The molecule has 0 radical (unpaired) electrons. The normalized spacial score (nSPS) is 15.0. The van der Waals surface area contributed by atoms with Crippen LogP contribution in [0, 0.1) is 11.7 Å². The summed E-state index contributed by atoms with van der Waals surface area (Å²) in [5.74, 6) is 1.50. The zero-order valence-electron chi connectivity index (χ0n) is 17.4. The maximum Gasteiger partial charge on any atom is 0.220 e. The maximum atomic E-state index is 14.4. The molecule has 3 rings (SSSR count). The van der Waals surface area contributed by atoms with Crippen LogP contribution in [-0.4, -0.2) is 48.9 Å². The quantitative estimate of drug-likeness (QED) is 0.562. The summed E-state index contributed by atoms with van der Waals surface area (Å²) in [5, 5.41) is 5.98. The number of piperidine rings is 1. The molecule has 30 heavy (non-hydrogen) atoms. The lowest BCUT2D eigenvalue weighted by Crippen LogP contribution is -2.45. The third kappa shape index (κ3) is 5.92. The smallest absolute Gasteiger partial charge is 0.220 e. The van der Waals surface area contributed by atoms with Crippen LogP contribution in [0.15, 0.2) is 47.7 Å². The van der Waals surface area contributed by atoms with Crippen molar-refractivity contribution in [2.75, 3.05) is 27.2 Å². The fourth-order valence-electron chi connectivity index (χ4n) is 3.50. The van der Waals surface area contributed by atoms with E-state index in [-0.39, 0.29) is 11.7 Å². The van der Waals surface area contributed by atoms with Gasteiger partial charge in [0.15, 0.2) is 17.5 Å². The summed E-state index contributed by atoms with van der Waals surface area (Å²) in [6.07, 6.45) is 5.64. The van der Waals surface area contributed by atoms with Crippen molar-refractivity contribution >= 4 is 11.9 Å². The van der Waals surface area contributed by atoms with Crippen molar-refractivity contribution < 1.29 is 13.9 Å². The summed E-state index contributed by atoms with van der Waals surface area (Å²) < 4.78 is 20.0. The summed E-state index contributed by atoms with van der Waals surface area (Å²) >= 11 is 0. The van der Waals surface area contributed by atoms with E-state index in [1.54, 1.807) is 38.5 Å². The number of benzene rings is 1. The number of amides is 1. The van der Waals surface area contributed by atoms with Gasteiger partial charge in [-0.1, -0.05) is 6.07 Å². The fraction of sp³-hybridized carbons (Fsp3) is 0.409. The number of likely N-dealkylation sites (tertiary alicyclic amines) is 1. The van der Waals surface area contributed by atoms with Gasteiger partial charge in [0.25, 0.3) is 0 Å². The molecule has 1 aromatic carbocycles. The molecule has 1 aromatic heterocycles. The first-order valence-electron chi connectivity index (χ1n) is 10.1. The number of carbonyl (C=O) groups is 1. The minimum atomic E-state index is -0.428. The third-order valence-corrected chi connectivity index (χ3v) is 5.19. The van der Waals surface area contributed by atoms with E-state index in [2.05, 4.69) is 25.5 Å². The van der Waals surface area contributed by atoms with Gasteiger partial charge in [0.2, 0.25) is 5.91 Å². The lowest BCUT2D eigenvalue weighted by atomic mass is 9.93. The summed E-state index contributed by atoms with van der Waals surface area (Å²) in [7, 11) is 3.41. The van der Waals surface area contributed by atoms with Crippen molar-refractivity contribution in [2.45, 2.75) is 25.8 Å². The molecule has 1 amide bonds. The molecule has 0 atom stereocenters. The molecule has 2 N–H and O–H groups in total. The number of pyridine rings is 1. The molecular formula is C22H28FN5O2. The molecule has 0 saturated carbocycles. The van der Waals surface area contributed by atoms with E-state index in [1.807, 2.05) is 6.07 Å². The molecule has 2 heterocycles. The minimum Gasteiger partial charge on any atom is -0.453 e. The Labute approximate surface area is 176 Å². The zero-order valence-corrected chi connectivity index (χ0v) is 17.4. The number of hydrogen-bond donors (Lipinski definition) is 2. The topological polar surface area (TPSA) is 78.9 Å². The van der Waals surface area contributed by atoms with Gasteiger partial charge in [-0.15, -0.1) is 0 Å². The molecule has 1 fully saturated rings. The van der Waals surface area contributed by atoms with E-state index >= 15 is 0 Å². The fourth-order valence-corrected chi connectivity index (χ4v) is 3.50. The Kier molecular flexibility index (Phi) is 7.59. The van der Waals surface area contributed by atoms with Crippen LogP contribution < -0.4 is 15.4 Å². The van der Waals surface area contributed by atoms with E-state index in [0.29, 0.717) is 24.6 Å². The Balaban J connectivity index is 1.51. The summed E-state index contributed by atoms with van der Waals surface area (Å²) in [4.78, 5) is 22.0. The third-order valence-electron chi connectivity index (χ3n) is 5.19. The maximum absolute atomic E-state index is 14.4. The highest BCUT2D eigenvalue weighted by molar-refractivity contribution is 5.80. The zero-order chi connectivity index (χ0) is 21.3. The van der Waals surface area contributed by atoms with Crippen molar-refractivity contribution in [1.82, 2.24) is 20.5 Å². The molecule has 0 unspecified atom stereocenters. The summed E-state index contributed by atoms with van der Waals surface area (Å²) in [6.45, 7) is 2.14. The highest BCUT2D eigenvalue weighted by Gasteiger charge is 2.23. The van der Waals surface area contributed by atoms with Crippen LogP contribution in [0.25, 0.3) is 0 Å². The first-order valence-corrected chi connectivity index (χ1v) is 10.1. The highest BCUT2D eigenvalue weighted by atomic mass is 19.1. The largest absolute Gasteiger partial charge is 0.453 e. The predicted molar refractivity (Wildman–Crippen MR) is 114 cm³/mol. The molecular weight excluding hydrogens is 385 g/mol. The average molecular weight is 413 g/mol. The second kappa shape index (κ2) is 10.6. The monoisotopic (exact) mass is 413 g/mol. The highest BCUT2D eigenvalue weighted by Crippen LogP contribution is 2.24. The van der Waals surface area contributed by atoms with Gasteiger partial charge >= 0.3 is 0 Å². The van der Waals surface area contributed by atoms with Crippen molar-refractivity contribution in [3.05, 3.63) is 54.1 Å². The number of guanidine groups is 1. The Morgan fingerprint density at radius 2 is 2.13 bits per heavy atom. The Morgan fingerprint density at radius 1 is 1.33 bits per heavy atom. The average Bonchev–Trinajstić information content (AvgIpc) is 2.77. The lowest BCUT2D eigenvalue weighted by molar-refractivity contribution is -0.121. The van der Waals surface area contributed by atoms with Gasteiger partial charge in [-0.2, -0.15) is 0 Å². The van der Waals surface area contributed by atoms with E-state index in [0.717, 1.165) is 37.5 Å². The molecule has 7 nitrogen and oxygen atoms in total. The number of nitrogens with zero attached hydrogens (tertiary/aromatic N) is 3. The van der Waals surface area contributed by atoms with E-state index in [1.165, 1.54) is 12.3 Å². The van der Waals surface area contributed by atoms with Crippen molar-refractivity contribution in [3.8, 4) is 11.5 Å². The SMILES string of the molecule is CN=C(NCc1ccc(Oc2cccnc2)c(F)c1)N1CCC(CC(=O)NC)CC1. The molecule has 1 aliphatic heterocycles. The molecule has 1 saturated heterocycles. The number of hydrogen-bond acceptors (Lipinski definition) is 4. The number of carbonyl (C=O) groups excluding carboxylic acids is 1. The van der Waals surface area contributed by atoms with Crippen LogP contribution in [0.3, 0.4) is 0 Å². The second-order valence-electron chi connectivity index (χ2n) is 7.26. The van der Waals surface area contributed by atoms with Crippen LogP contribution in [0.4, 0.5) is 4.39 Å². The van der Waals surface area contributed by atoms with Crippen molar-refractivity contribution in [3.63, 3.8) is 0 Å². The number of halogens is 1. The Bertz CT molecular complexity index is 867. The number of nitrogens with one attached hydrogen (secondary N) is 2. The number of aliphatic imine (C=N–C) groups is 1. The molecule has 0 aliphatic carbocycles.